The van der Waals surface area contributed by atoms with Crippen LogP contribution in [0.2, 0.25) is 0 Å². The van der Waals surface area contributed by atoms with Gasteiger partial charge in [0.15, 0.2) is 5.82 Å². The van der Waals surface area contributed by atoms with Gasteiger partial charge < -0.3 is 9.42 Å². The zero-order valence-corrected chi connectivity index (χ0v) is 14.1. The standard InChI is InChI=1S/C19H18N4O2/c1-12-4-3-5-16(13(12)2)23-11-15(10-17(23)24)18-21-19(25-22-18)14-6-8-20-9-7-14/h3-9,15H,10-11H2,1-2H3. The molecular weight excluding hydrogens is 316 g/mol. The number of aromatic nitrogens is 3. The zero-order chi connectivity index (χ0) is 17.4. The Kier molecular flexibility index (Phi) is 3.80. The summed E-state index contributed by atoms with van der Waals surface area (Å²) >= 11 is 0. The monoisotopic (exact) mass is 334 g/mol. The summed E-state index contributed by atoms with van der Waals surface area (Å²) in [5.74, 6) is 1.06. The van der Waals surface area contributed by atoms with Crippen LogP contribution in [0.1, 0.15) is 29.3 Å². The molecule has 6 nitrogen and oxygen atoms in total. The van der Waals surface area contributed by atoms with Crippen LogP contribution in [0.4, 0.5) is 5.69 Å². The first-order chi connectivity index (χ1) is 12.1. The lowest BCUT2D eigenvalue weighted by Gasteiger charge is -2.19. The van der Waals surface area contributed by atoms with Crippen molar-refractivity contribution in [3.05, 3.63) is 59.7 Å². The topological polar surface area (TPSA) is 72.1 Å². The van der Waals surface area contributed by atoms with Gasteiger partial charge in [-0.15, -0.1) is 0 Å². The SMILES string of the molecule is Cc1cccc(N2CC(c3noc(-c4ccncc4)n3)CC2=O)c1C. The maximum absolute atomic E-state index is 12.5. The molecule has 1 fully saturated rings. The van der Waals surface area contributed by atoms with Crippen molar-refractivity contribution >= 4 is 11.6 Å². The van der Waals surface area contributed by atoms with E-state index in [2.05, 4.69) is 28.1 Å². The van der Waals surface area contributed by atoms with Gasteiger partial charge in [-0.25, -0.2) is 0 Å². The molecule has 3 aromatic rings. The molecule has 1 saturated heterocycles. The summed E-state index contributed by atoms with van der Waals surface area (Å²) in [5.41, 5.74) is 4.09. The van der Waals surface area contributed by atoms with E-state index < -0.39 is 0 Å². The summed E-state index contributed by atoms with van der Waals surface area (Å²) in [6.07, 6.45) is 3.75. The van der Waals surface area contributed by atoms with E-state index in [-0.39, 0.29) is 11.8 Å². The maximum atomic E-state index is 12.5. The lowest BCUT2D eigenvalue weighted by atomic mass is 10.1. The summed E-state index contributed by atoms with van der Waals surface area (Å²) in [6.45, 7) is 4.66. The fourth-order valence-corrected chi connectivity index (χ4v) is 3.15. The number of carbonyl (C=O) groups is 1. The third-order valence-corrected chi connectivity index (χ3v) is 4.73. The van der Waals surface area contributed by atoms with E-state index in [1.807, 2.05) is 36.1 Å². The molecule has 1 amide bonds. The van der Waals surface area contributed by atoms with E-state index in [4.69, 9.17) is 4.52 Å². The average Bonchev–Trinajstić information content (AvgIpc) is 3.25. The summed E-state index contributed by atoms with van der Waals surface area (Å²) < 4.78 is 5.36. The number of amides is 1. The second kappa shape index (κ2) is 6.12. The van der Waals surface area contributed by atoms with Gasteiger partial charge in [-0.1, -0.05) is 17.3 Å². The molecule has 6 heteroatoms. The van der Waals surface area contributed by atoms with Gasteiger partial charge >= 0.3 is 0 Å². The van der Waals surface area contributed by atoms with Crippen molar-refractivity contribution in [1.29, 1.82) is 0 Å². The first kappa shape index (κ1) is 15.5. The summed E-state index contributed by atoms with van der Waals surface area (Å²) in [5, 5.41) is 4.09. The Morgan fingerprint density at radius 1 is 1.16 bits per heavy atom. The lowest BCUT2D eigenvalue weighted by Crippen LogP contribution is -2.25. The molecule has 0 saturated carbocycles. The normalized spacial score (nSPS) is 17.3. The van der Waals surface area contributed by atoms with Crippen molar-refractivity contribution in [2.75, 3.05) is 11.4 Å². The van der Waals surface area contributed by atoms with Crippen LogP contribution in [0.5, 0.6) is 0 Å². The highest BCUT2D eigenvalue weighted by Gasteiger charge is 2.35. The van der Waals surface area contributed by atoms with Crippen LogP contribution in [0.15, 0.2) is 47.2 Å². The second-order valence-corrected chi connectivity index (χ2v) is 6.32. The van der Waals surface area contributed by atoms with Gasteiger partial charge in [0.25, 0.3) is 5.89 Å². The Labute approximate surface area is 145 Å². The Hall–Kier alpha value is -3.02. The Balaban J connectivity index is 1.59. The van der Waals surface area contributed by atoms with E-state index in [0.717, 1.165) is 16.8 Å². The second-order valence-electron chi connectivity index (χ2n) is 6.32. The third-order valence-electron chi connectivity index (χ3n) is 4.73. The summed E-state index contributed by atoms with van der Waals surface area (Å²) in [7, 11) is 0. The molecule has 0 bridgehead atoms. The van der Waals surface area contributed by atoms with Crippen molar-refractivity contribution < 1.29 is 9.32 Å². The van der Waals surface area contributed by atoms with E-state index in [1.54, 1.807) is 12.4 Å². The van der Waals surface area contributed by atoms with Crippen molar-refractivity contribution in [2.45, 2.75) is 26.2 Å². The third kappa shape index (κ3) is 2.80. The first-order valence-electron chi connectivity index (χ1n) is 8.24. The van der Waals surface area contributed by atoms with Gasteiger partial charge in [-0.2, -0.15) is 4.98 Å². The molecule has 1 unspecified atom stereocenters. The highest BCUT2D eigenvalue weighted by molar-refractivity contribution is 5.97. The average molecular weight is 334 g/mol. The minimum Gasteiger partial charge on any atom is -0.334 e. The molecule has 126 valence electrons. The van der Waals surface area contributed by atoms with Crippen LogP contribution in [0.3, 0.4) is 0 Å². The summed E-state index contributed by atoms with van der Waals surface area (Å²) in [4.78, 5) is 22.8. The molecule has 4 rings (SSSR count). The predicted molar refractivity (Wildman–Crippen MR) is 93.2 cm³/mol. The number of benzene rings is 1. The van der Waals surface area contributed by atoms with Gasteiger partial charge in [0.2, 0.25) is 5.91 Å². The number of pyridine rings is 1. The molecule has 1 aromatic carbocycles. The van der Waals surface area contributed by atoms with Crippen LogP contribution in [-0.4, -0.2) is 27.6 Å². The maximum Gasteiger partial charge on any atom is 0.258 e. The predicted octanol–water partition coefficient (Wildman–Crippen LogP) is 3.27. The first-order valence-corrected chi connectivity index (χ1v) is 8.24. The molecular formula is C19H18N4O2. The van der Waals surface area contributed by atoms with Crippen molar-refractivity contribution in [2.24, 2.45) is 0 Å². The molecule has 3 heterocycles. The molecule has 2 aromatic heterocycles. The summed E-state index contributed by atoms with van der Waals surface area (Å²) in [6, 6.07) is 9.66. The van der Waals surface area contributed by atoms with Crippen LogP contribution in [-0.2, 0) is 4.79 Å². The van der Waals surface area contributed by atoms with Gasteiger partial charge in [-0.05, 0) is 43.2 Å². The number of aryl methyl sites for hydroxylation is 1. The van der Waals surface area contributed by atoms with Crippen molar-refractivity contribution in [1.82, 2.24) is 15.1 Å². The molecule has 25 heavy (non-hydrogen) atoms. The van der Waals surface area contributed by atoms with Gasteiger partial charge in [0, 0.05) is 42.5 Å². The Bertz CT molecular complexity index is 920. The molecule has 0 radical (unpaired) electrons. The van der Waals surface area contributed by atoms with Crippen LogP contribution >= 0.6 is 0 Å². The van der Waals surface area contributed by atoms with Crippen LogP contribution in [0, 0.1) is 13.8 Å². The number of carbonyl (C=O) groups excluding carboxylic acids is 1. The largest absolute Gasteiger partial charge is 0.334 e. The smallest absolute Gasteiger partial charge is 0.258 e. The number of anilines is 1. The molecule has 0 aliphatic carbocycles. The molecule has 1 atom stereocenters. The lowest BCUT2D eigenvalue weighted by molar-refractivity contribution is -0.117. The fraction of sp³-hybridized carbons (Fsp3) is 0.263. The molecule has 1 aliphatic heterocycles. The van der Waals surface area contributed by atoms with E-state index >= 15 is 0 Å². The van der Waals surface area contributed by atoms with Crippen molar-refractivity contribution in [3.8, 4) is 11.5 Å². The minimum atomic E-state index is -0.0632. The number of hydrogen-bond donors (Lipinski definition) is 0. The van der Waals surface area contributed by atoms with Crippen molar-refractivity contribution in [3.63, 3.8) is 0 Å². The van der Waals surface area contributed by atoms with Gasteiger partial charge in [0.05, 0.1) is 0 Å². The minimum absolute atomic E-state index is 0.0632. The van der Waals surface area contributed by atoms with E-state index in [0.29, 0.717) is 24.7 Å². The fourth-order valence-electron chi connectivity index (χ4n) is 3.15. The number of nitrogens with zero attached hydrogens (tertiary/aromatic N) is 4. The number of rotatable bonds is 3. The van der Waals surface area contributed by atoms with E-state index in [9.17, 15) is 4.79 Å². The Morgan fingerprint density at radius 2 is 1.96 bits per heavy atom. The Morgan fingerprint density at radius 3 is 2.76 bits per heavy atom. The number of hydrogen-bond acceptors (Lipinski definition) is 5. The quantitative estimate of drug-likeness (QED) is 0.735. The van der Waals surface area contributed by atoms with Crippen LogP contribution in [0.25, 0.3) is 11.5 Å². The molecule has 0 spiro atoms. The highest BCUT2D eigenvalue weighted by atomic mass is 16.5. The molecule has 1 aliphatic rings. The van der Waals surface area contributed by atoms with Crippen LogP contribution < -0.4 is 4.90 Å². The van der Waals surface area contributed by atoms with Gasteiger partial charge in [0.1, 0.15) is 0 Å². The van der Waals surface area contributed by atoms with E-state index in [1.165, 1.54) is 5.56 Å². The highest BCUT2D eigenvalue weighted by Crippen LogP contribution is 2.33. The molecule has 0 N–H and O–H groups in total. The van der Waals surface area contributed by atoms with Gasteiger partial charge in [-0.3, -0.25) is 9.78 Å². The zero-order valence-electron chi connectivity index (χ0n) is 14.1.